The highest BCUT2D eigenvalue weighted by molar-refractivity contribution is 6.13. The number of nitrogens with one attached hydrogen (secondary N) is 2. The number of carbonyl (C=O) groups is 3. The van der Waals surface area contributed by atoms with Crippen molar-refractivity contribution in [3.8, 4) is 12.3 Å². The van der Waals surface area contributed by atoms with Gasteiger partial charge in [0.05, 0.1) is 23.3 Å². The molecule has 4 aromatic rings. The van der Waals surface area contributed by atoms with Gasteiger partial charge in [0, 0.05) is 29.7 Å². The van der Waals surface area contributed by atoms with Crippen molar-refractivity contribution in [2.24, 2.45) is 0 Å². The molecule has 1 aromatic heterocycles. The molecule has 10 heteroatoms. The number of rotatable bonds is 8. The van der Waals surface area contributed by atoms with Crippen LogP contribution in [0, 0.1) is 18.2 Å². The van der Waals surface area contributed by atoms with Crippen LogP contribution in [0.25, 0.3) is 10.9 Å². The van der Waals surface area contributed by atoms with E-state index in [9.17, 15) is 18.8 Å². The van der Waals surface area contributed by atoms with Crippen molar-refractivity contribution in [3.63, 3.8) is 0 Å². The van der Waals surface area contributed by atoms with Crippen LogP contribution in [0.4, 0.5) is 21.5 Å². The van der Waals surface area contributed by atoms with Crippen LogP contribution >= 0.6 is 0 Å². The van der Waals surface area contributed by atoms with Crippen LogP contribution in [-0.2, 0) is 22.5 Å². The van der Waals surface area contributed by atoms with Crippen molar-refractivity contribution in [1.82, 2.24) is 9.78 Å². The van der Waals surface area contributed by atoms with Crippen molar-refractivity contribution < 1.29 is 23.5 Å². The standard InChI is InChI=1S/C35H36FN5O4/c1-5-17-41-29-12-8-7-11-26(29)32(39-41)34(44)38-28-21-23(13-16-30(28)40-18-9-6-10-19-40)33(43)37-27-15-14-25(36)20-24(27)22-31(42)45-35(2,3)4/h1,7-8,11-16,20-21H,6,9-10,17-19,22H2,2-4H3,(H,37,43)(H,38,44). The van der Waals surface area contributed by atoms with Crippen LogP contribution in [0.1, 0.15) is 66.4 Å². The summed E-state index contributed by atoms with van der Waals surface area (Å²) in [5.41, 5.74) is 2.33. The number of carbonyl (C=O) groups excluding carboxylic acids is 3. The van der Waals surface area contributed by atoms with Crippen LogP contribution in [0.3, 0.4) is 0 Å². The lowest BCUT2D eigenvalue weighted by Gasteiger charge is -2.30. The van der Waals surface area contributed by atoms with E-state index in [0.29, 0.717) is 11.1 Å². The number of piperidine rings is 1. The number of halogens is 1. The fraction of sp³-hybridized carbons (Fsp3) is 0.314. The van der Waals surface area contributed by atoms with Crippen LogP contribution in [-0.4, -0.2) is 46.3 Å². The SMILES string of the molecule is C#CCn1nc(C(=O)Nc2cc(C(=O)Nc3ccc(F)cc3CC(=O)OC(C)(C)C)ccc2N2CCCCC2)c2ccccc21. The minimum Gasteiger partial charge on any atom is -0.460 e. The normalized spacial score (nSPS) is 13.3. The van der Waals surface area contributed by atoms with Crippen molar-refractivity contribution in [3.05, 3.63) is 83.3 Å². The zero-order valence-corrected chi connectivity index (χ0v) is 25.7. The second kappa shape index (κ2) is 13.2. The first-order valence-electron chi connectivity index (χ1n) is 14.9. The number of benzene rings is 3. The third-order valence-electron chi connectivity index (χ3n) is 7.39. The molecule has 0 spiro atoms. The molecule has 0 bridgehead atoms. The van der Waals surface area contributed by atoms with Crippen LogP contribution in [0.15, 0.2) is 60.7 Å². The molecule has 1 saturated heterocycles. The van der Waals surface area contributed by atoms with E-state index in [2.05, 4.69) is 26.6 Å². The smallest absolute Gasteiger partial charge is 0.310 e. The van der Waals surface area contributed by atoms with Gasteiger partial charge >= 0.3 is 5.97 Å². The first-order valence-corrected chi connectivity index (χ1v) is 14.9. The Balaban J connectivity index is 1.45. The Hall–Kier alpha value is -5.17. The van der Waals surface area contributed by atoms with Gasteiger partial charge in [0.2, 0.25) is 0 Å². The Bertz CT molecular complexity index is 1790. The average Bonchev–Trinajstić information content (AvgIpc) is 3.37. The first-order chi connectivity index (χ1) is 21.5. The second-order valence-corrected chi connectivity index (χ2v) is 12.0. The second-order valence-electron chi connectivity index (χ2n) is 12.0. The first kappa shape index (κ1) is 31.3. The molecule has 1 aliphatic rings. The Morgan fingerprint density at radius 3 is 2.42 bits per heavy atom. The summed E-state index contributed by atoms with van der Waals surface area (Å²) >= 11 is 0. The summed E-state index contributed by atoms with van der Waals surface area (Å²) in [7, 11) is 0. The molecule has 2 heterocycles. The third-order valence-corrected chi connectivity index (χ3v) is 7.39. The minimum atomic E-state index is -0.712. The molecular weight excluding hydrogens is 573 g/mol. The highest BCUT2D eigenvalue weighted by Crippen LogP contribution is 2.31. The molecule has 2 N–H and O–H groups in total. The van der Waals surface area contributed by atoms with Crippen molar-refractivity contribution in [2.75, 3.05) is 28.6 Å². The number of ether oxygens (including phenoxy) is 1. The molecule has 45 heavy (non-hydrogen) atoms. The fourth-order valence-electron chi connectivity index (χ4n) is 5.43. The van der Waals surface area contributed by atoms with Gasteiger partial charge in [-0.3, -0.25) is 19.1 Å². The summed E-state index contributed by atoms with van der Waals surface area (Å²) < 4.78 is 21.1. The summed E-state index contributed by atoms with van der Waals surface area (Å²) in [6.07, 6.45) is 8.47. The monoisotopic (exact) mass is 609 g/mol. The van der Waals surface area contributed by atoms with Crippen LogP contribution in [0.2, 0.25) is 0 Å². The van der Waals surface area contributed by atoms with Gasteiger partial charge in [-0.15, -0.1) is 6.42 Å². The molecule has 1 fully saturated rings. The Morgan fingerprint density at radius 1 is 0.956 bits per heavy atom. The highest BCUT2D eigenvalue weighted by atomic mass is 19.1. The zero-order chi connectivity index (χ0) is 32.1. The van der Waals surface area contributed by atoms with Crippen LogP contribution in [0.5, 0.6) is 0 Å². The van der Waals surface area contributed by atoms with Gasteiger partial charge in [-0.05, 0) is 88.1 Å². The highest BCUT2D eigenvalue weighted by Gasteiger charge is 2.23. The summed E-state index contributed by atoms with van der Waals surface area (Å²) in [6.45, 7) is 7.08. The molecule has 0 aliphatic carbocycles. The predicted molar refractivity (Wildman–Crippen MR) is 173 cm³/mol. The van der Waals surface area contributed by atoms with Gasteiger partial charge in [0.25, 0.3) is 11.8 Å². The summed E-state index contributed by atoms with van der Waals surface area (Å²) in [6, 6.07) is 16.3. The van der Waals surface area contributed by atoms with E-state index in [1.165, 1.54) is 18.2 Å². The quantitative estimate of drug-likeness (QED) is 0.182. The van der Waals surface area contributed by atoms with Gasteiger partial charge in [-0.2, -0.15) is 5.10 Å². The molecule has 0 radical (unpaired) electrons. The Kier molecular flexibility index (Phi) is 9.18. The molecule has 9 nitrogen and oxygen atoms in total. The molecule has 232 valence electrons. The maximum Gasteiger partial charge on any atom is 0.310 e. The molecular formula is C35H36FN5O4. The summed E-state index contributed by atoms with van der Waals surface area (Å²) in [5.74, 6) is 0.558. The van der Waals surface area contributed by atoms with E-state index in [0.717, 1.165) is 43.6 Å². The van der Waals surface area contributed by atoms with E-state index in [-0.39, 0.29) is 35.5 Å². The molecule has 2 amide bonds. The molecule has 0 saturated carbocycles. The number of terminal acetylenes is 1. The Morgan fingerprint density at radius 2 is 1.69 bits per heavy atom. The van der Waals surface area contributed by atoms with Gasteiger partial charge in [0.1, 0.15) is 18.0 Å². The van der Waals surface area contributed by atoms with Crippen molar-refractivity contribution in [1.29, 1.82) is 0 Å². The number of hydrogen-bond donors (Lipinski definition) is 2. The minimum absolute atomic E-state index is 0.210. The number of anilines is 3. The van der Waals surface area contributed by atoms with Gasteiger partial charge in [-0.1, -0.05) is 24.1 Å². The molecule has 0 unspecified atom stereocenters. The van der Waals surface area contributed by atoms with Gasteiger partial charge < -0.3 is 20.3 Å². The molecule has 1 aliphatic heterocycles. The third kappa shape index (κ3) is 7.50. The number of amides is 2. The number of aromatic nitrogens is 2. The van der Waals surface area contributed by atoms with E-state index in [1.54, 1.807) is 37.6 Å². The van der Waals surface area contributed by atoms with Crippen LogP contribution < -0.4 is 15.5 Å². The topological polar surface area (TPSA) is 106 Å². The van der Waals surface area contributed by atoms with E-state index in [1.807, 2.05) is 30.3 Å². The van der Waals surface area contributed by atoms with E-state index >= 15 is 0 Å². The van der Waals surface area contributed by atoms with Gasteiger partial charge in [0.15, 0.2) is 5.69 Å². The van der Waals surface area contributed by atoms with Gasteiger partial charge in [-0.25, -0.2) is 4.39 Å². The fourth-order valence-corrected chi connectivity index (χ4v) is 5.43. The lowest BCUT2D eigenvalue weighted by Crippen LogP contribution is -2.30. The lowest BCUT2D eigenvalue weighted by molar-refractivity contribution is -0.153. The average molecular weight is 610 g/mol. The molecule has 3 aromatic carbocycles. The zero-order valence-electron chi connectivity index (χ0n) is 25.7. The number of para-hydroxylation sites is 1. The summed E-state index contributed by atoms with van der Waals surface area (Å²) in [4.78, 5) is 41.9. The molecule has 5 rings (SSSR count). The van der Waals surface area contributed by atoms with Crippen molar-refractivity contribution >= 4 is 45.7 Å². The van der Waals surface area contributed by atoms with Crippen molar-refractivity contribution in [2.45, 2.75) is 58.6 Å². The number of hydrogen-bond acceptors (Lipinski definition) is 6. The molecule has 0 atom stereocenters. The maximum absolute atomic E-state index is 14.1. The Labute approximate surface area is 261 Å². The number of esters is 1. The maximum atomic E-state index is 14.1. The number of nitrogens with zero attached hydrogens (tertiary/aromatic N) is 3. The van der Waals surface area contributed by atoms with E-state index in [4.69, 9.17) is 11.2 Å². The number of fused-ring (bicyclic) bond motifs is 1. The largest absolute Gasteiger partial charge is 0.460 e. The predicted octanol–water partition coefficient (Wildman–Crippen LogP) is 6.19. The summed E-state index contributed by atoms with van der Waals surface area (Å²) in [5, 5.41) is 11.0. The lowest BCUT2D eigenvalue weighted by atomic mass is 10.1. The van der Waals surface area contributed by atoms with E-state index < -0.39 is 29.2 Å².